The van der Waals surface area contributed by atoms with Crippen LogP contribution in [-0.2, 0) is 12.8 Å². The van der Waals surface area contributed by atoms with E-state index < -0.39 is 0 Å². The smallest absolute Gasteiger partial charge is 0.204 e. The Morgan fingerprint density at radius 2 is 1.79 bits per heavy atom. The highest BCUT2D eigenvalue weighted by molar-refractivity contribution is 5.96. The fourth-order valence-electron chi connectivity index (χ4n) is 4.44. The van der Waals surface area contributed by atoms with Crippen LogP contribution in [-0.4, -0.2) is 15.8 Å². The number of benzene rings is 2. The molecule has 0 radical (unpaired) electrons. The number of hydrogen-bond donors (Lipinski definition) is 2. The maximum atomic E-state index is 13.6. The molecule has 0 amide bonds. The van der Waals surface area contributed by atoms with Gasteiger partial charge in [-0.3, -0.25) is 4.79 Å². The largest absolute Gasteiger partial charge is 0.508 e. The molecule has 2 aromatic carbocycles. The van der Waals surface area contributed by atoms with Crippen LogP contribution in [0.15, 0.2) is 50.7 Å². The van der Waals surface area contributed by atoms with Crippen molar-refractivity contribution < 1.29 is 19.4 Å². The number of ether oxygens (including phenoxy) is 1. The van der Waals surface area contributed by atoms with Gasteiger partial charge in [0.05, 0.1) is 5.39 Å². The lowest BCUT2D eigenvalue weighted by molar-refractivity contribution is 0.0839. The van der Waals surface area contributed by atoms with Crippen LogP contribution in [0, 0.1) is 0 Å². The van der Waals surface area contributed by atoms with E-state index in [1.807, 2.05) is 13.8 Å². The molecule has 0 bridgehead atoms. The minimum absolute atomic E-state index is 0.0372. The van der Waals surface area contributed by atoms with E-state index >= 15 is 0 Å². The van der Waals surface area contributed by atoms with E-state index in [0.29, 0.717) is 40.7 Å². The Bertz CT molecular complexity index is 1350. The predicted molar refractivity (Wildman–Crippen MR) is 132 cm³/mol. The molecule has 0 fully saturated rings. The van der Waals surface area contributed by atoms with Gasteiger partial charge in [-0.15, -0.1) is 0 Å². The summed E-state index contributed by atoms with van der Waals surface area (Å²) in [6.07, 6.45) is 8.05. The fourth-order valence-corrected chi connectivity index (χ4v) is 4.44. The Morgan fingerprint density at radius 3 is 2.52 bits per heavy atom. The number of allylic oxidation sites excluding steroid dienone is 4. The molecule has 1 aliphatic rings. The average molecular weight is 449 g/mol. The van der Waals surface area contributed by atoms with Gasteiger partial charge in [0.1, 0.15) is 39.4 Å². The number of fused-ring (bicyclic) bond motifs is 3. The van der Waals surface area contributed by atoms with Gasteiger partial charge in [-0.05, 0) is 78.4 Å². The summed E-state index contributed by atoms with van der Waals surface area (Å²) in [4.78, 5) is 13.6. The zero-order valence-electron chi connectivity index (χ0n) is 20.0. The number of aromatic hydroxyl groups is 2. The summed E-state index contributed by atoms with van der Waals surface area (Å²) >= 11 is 0. The minimum atomic E-state index is -0.356. The van der Waals surface area contributed by atoms with Gasteiger partial charge >= 0.3 is 0 Å². The predicted octanol–water partition coefficient (Wildman–Crippen LogP) is 6.70. The summed E-state index contributed by atoms with van der Waals surface area (Å²) in [5.41, 5.74) is 3.74. The van der Waals surface area contributed by atoms with Crippen LogP contribution in [0.5, 0.6) is 17.2 Å². The number of rotatable bonds is 5. The van der Waals surface area contributed by atoms with E-state index in [-0.39, 0.29) is 33.5 Å². The van der Waals surface area contributed by atoms with Gasteiger partial charge in [-0.2, -0.15) is 0 Å². The molecule has 5 heteroatoms. The average Bonchev–Trinajstić information content (AvgIpc) is 2.70. The molecule has 0 saturated heterocycles. The van der Waals surface area contributed by atoms with Crippen molar-refractivity contribution in [3.63, 3.8) is 0 Å². The molecule has 33 heavy (non-hydrogen) atoms. The van der Waals surface area contributed by atoms with Crippen molar-refractivity contribution in [3.05, 3.63) is 62.8 Å². The molecule has 174 valence electrons. The first-order valence-corrected chi connectivity index (χ1v) is 11.5. The summed E-state index contributed by atoms with van der Waals surface area (Å²) < 4.78 is 12.1. The summed E-state index contributed by atoms with van der Waals surface area (Å²) in [5.74, 6) is 0.505. The van der Waals surface area contributed by atoms with Crippen molar-refractivity contribution in [2.45, 2.75) is 72.3 Å². The van der Waals surface area contributed by atoms with Gasteiger partial charge in [-0.1, -0.05) is 23.3 Å². The monoisotopic (exact) mass is 448 g/mol. The maximum absolute atomic E-state index is 13.6. The third kappa shape index (κ3) is 4.63. The van der Waals surface area contributed by atoms with Crippen molar-refractivity contribution >= 4 is 21.9 Å². The maximum Gasteiger partial charge on any atom is 0.204 e. The summed E-state index contributed by atoms with van der Waals surface area (Å²) in [5, 5.41) is 21.9. The molecule has 2 N–H and O–H groups in total. The van der Waals surface area contributed by atoms with E-state index in [2.05, 4.69) is 32.9 Å². The van der Waals surface area contributed by atoms with Crippen molar-refractivity contribution in [2.24, 2.45) is 0 Å². The second-order valence-electron chi connectivity index (χ2n) is 9.92. The van der Waals surface area contributed by atoms with Crippen LogP contribution >= 0.6 is 0 Å². The Kier molecular flexibility index (Phi) is 6.00. The molecule has 4 rings (SSSR count). The molecule has 0 unspecified atom stereocenters. The van der Waals surface area contributed by atoms with E-state index in [0.717, 1.165) is 19.3 Å². The SMILES string of the molecule is CC(C)=CCC/C(C)=C/Cc1cc(O)cc2oc3cc4c(c(O)c3c(=O)c12)CCC(C)(C)O4. The van der Waals surface area contributed by atoms with Crippen LogP contribution in [0.25, 0.3) is 21.9 Å². The summed E-state index contributed by atoms with van der Waals surface area (Å²) in [6, 6.07) is 4.74. The number of hydrogen-bond acceptors (Lipinski definition) is 5. The lowest BCUT2D eigenvalue weighted by Crippen LogP contribution is -2.32. The highest BCUT2D eigenvalue weighted by Crippen LogP contribution is 2.42. The Labute approximate surface area is 194 Å². The minimum Gasteiger partial charge on any atom is -0.508 e. The first kappa shape index (κ1) is 23.0. The van der Waals surface area contributed by atoms with E-state index in [9.17, 15) is 15.0 Å². The van der Waals surface area contributed by atoms with Gasteiger partial charge in [-0.25, -0.2) is 0 Å². The molecule has 0 atom stereocenters. The van der Waals surface area contributed by atoms with Gasteiger partial charge in [0, 0.05) is 17.7 Å². The Morgan fingerprint density at radius 1 is 1.06 bits per heavy atom. The summed E-state index contributed by atoms with van der Waals surface area (Å²) in [7, 11) is 0. The molecule has 0 aliphatic carbocycles. The van der Waals surface area contributed by atoms with Crippen molar-refractivity contribution in [3.8, 4) is 17.2 Å². The second-order valence-corrected chi connectivity index (χ2v) is 9.92. The lowest BCUT2D eigenvalue weighted by atomic mass is 9.92. The molecular formula is C28H32O5. The molecule has 0 saturated carbocycles. The first-order chi connectivity index (χ1) is 15.6. The molecule has 0 spiro atoms. The van der Waals surface area contributed by atoms with E-state index in [4.69, 9.17) is 9.15 Å². The van der Waals surface area contributed by atoms with Crippen LogP contribution in [0.2, 0.25) is 0 Å². The van der Waals surface area contributed by atoms with E-state index in [1.165, 1.54) is 17.2 Å². The molecule has 5 nitrogen and oxygen atoms in total. The molecule has 1 aliphatic heterocycles. The zero-order chi connectivity index (χ0) is 23.9. The zero-order valence-corrected chi connectivity index (χ0v) is 20.0. The standard InChI is InChI=1S/C28H32O5/c1-16(2)7-6-8-17(3)9-10-18-13-19(29)14-22-24(18)27(31)25-23(32-22)15-21-20(26(25)30)11-12-28(4,5)33-21/h7,9,13-15,29-30H,6,8,10-12H2,1-5H3/b17-9+. The van der Waals surface area contributed by atoms with Crippen molar-refractivity contribution in [1.29, 1.82) is 0 Å². The van der Waals surface area contributed by atoms with E-state index in [1.54, 1.807) is 12.1 Å². The third-order valence-corrected chi connectivity index (χ3v) is 6.30. The Hall–Kier alpha value is -3.21. The van der Waals surface area contributed by atoms with Gasteiger partial charge in [0.25, 0.3) is 0 Å². The second kappa shape index (κ2) is 8.62. The van der Waals surface area contributed by atoms with Crippen LogP contribution < -0.4 is 10.2 Å². The molecule has 1 aromatic heterocycles. The topological polar surface area (TPSA) is 79.9 Å². The van der Waals surface area contributed by atoms with Crippen LogP contribution in [0.4, 0.5) is 0 Å². The van der Waals surface area contributed by atoms with Gasteiger partial charge in [0.15, 0.2) is 0 Å². The van der Waals surface area contributed by atoms with Crippen LogP contribution in [0.3, 0.4) is 0 Å². The summed E-state index contributed by atoms with van der Waals surface area (Å²) in [6.45, 7) is 10.2. The van der Waals surface area contributed by atoms with Crippen molar-refractivity contribution in [1.82, 2.24) is 0 Å². The molecular weight excluding hydrogens is 416 g/mol. The lowest BCUT2D eigenvalue weighted by Gasteiger charge is -2.33. The number of phenolic OH excluding ortho intramolecular Hbond substituents is 2. The first-order valence-electron chi connectivity index (χ1n) is 11.5. The fraction of sp³-hybridized carbons (Fsp3) is 0.393. The van der Waals surface area contributed by atoms with Crippen molar-refractivity contribution in [2.75, 3.05) is 0 Å². The number of phenols is 2. The highest BCUT2D eigenvalue weighted by Gasteiger charge is 2.30. The third-order valence-electron chi connectivity index (χ3n) is 6.30. The molecule has 2 heterocycles. The Balaban J connectivity index is 1.82. The normalized spacial score (nSPS) is 15.4. The van der Waals surface area contributed by atoms with Gasteiger partial charge in [0.2, 0.25) is 5.43 Å². The molecule has 3 aromatic rings. The van der Waals surface area contributed by atoms with Crippen LogP contribution in [0.1, 0.15) is 65.0 Å². The van der Waals surface area contributed by atoms with Gasteiger partial charge < -0.3 is 19.4 Å². The highest BCUT2D eigenvalue weighted by atomic mass is 16.5. The quantitative estimate of drug-likeness (QED) is 0.335.